The van der Waals surface area contributed by atoms with Crippen molar-refractivity contribution >= 4 is 21.8 Å². The Kier molecular flexibility index (Phi) is 4.69. The quantitative estimate of drug-likeness (QED) is 0.645. The molecule has 0 radical (unpaired) electrons. The van der Waals surface area contributed by atoms with Crippen LogP contribution in [0.25, 0.3) is 0 Å². The predicted molar refractivity (Wildman–Crippen MR) is 46.3 cm³/mol. The van der Waals surface area contributed by atoms with E-state index in [-0.39, 0.29) is 5.91 Å². The normalized spacial score (nSPS) is 10.1. The van der Waals surface area contributed by atoms with E-state index in [9.17, 15) is 4.79 Å². The van der Waals surface area contributed by atoms with Gasteiger partial charge < -0.3 is 4.90 Å². The Bertz CT molecular complexity index is 114. The van der Waals surface area contributed by atoms with Gasteiger partial charge in [-0.1, -0.05) is 15.9 Å². The zero-order valence-corrected chi connectivity index (χ0v) is 8.31. The molecule has 0 unspecified atom stereocenters. The molecule has 1 amide bonds. The first kappa shape index (κ1) is 9.95. The van der Waals surface area contributed by atoms with Crippen LogP contribution in [0.1, 0.15) is 20.8 Å². The van der Waals surface area contributed by atoms with Crippen molar-refractivity contribution in [1.29, 1.82) is 0 Å². The second-order valence-corrected chi connectivity index (χ2v) is 3.29. The van der Waals surface area contributed by atoms with Crippen molar-refractivity contribution in [1.82, 2.24) is 4.90 Å². The molecular formula is C7H14BrNO. The average Bonchev–Trinajstić information content (AvgIpc) is 1.81. The minimum absolute atomic E-state index is 0.148. The smallest absolute Gasteiger partial charge is 0.219 e. The number of hydrogen-bond acceptors (Lipinski definition) is 1. The van der Waals surface area contributed by atoms with Gasteiger partial charge in [0.05, 0.1) is 0 Å². The number of hydrogen-bond donors (Lipinski definition) is 0. The summed E-state index contributed by atoms with van der Waals surface area (Å²) in [5, 5.41) is 0.852. The third-order valence-electron chi connectivity index (χ3n) is 1.35. The molecule has 0 N–H and O–H groups in total. The van der Waals surface area contributed by atoms with Gasteiger partial charge in [-0.3, -0.25) is 4.79 Å². The number of carbonyl (C=O) groups excluding carboxylic acids is 1. The van der Waals surface area contributed by atoms with Gasteiger partial charge in [0, 0.05) is 24.8 Å². The lowest BCUT2D eigenvalue weighted by atomic mass is 10.3. The number of halogens is 1. The number of alkyl halides is 1. The highest BCUT2D eigenvalue weighted by Crippen LogP contribution is 1.98. The highest BCUT2D eigenvalue weighted by molar-refractivity contribution is 9.09. The summed E-state index contributed by atoms with van der Waals surface area (Å²) in [6.45, 7) is 6.43. The third kappa shape index (κ3) is 3.20. The van der Waals surface area contributed by atoms with Crippen LogP contribution in [0, 0.1) is 0 Å². The summed E-state index contributed by atoms with van der Waals surface area (Å²) < 4.78 is 0. The maximum atomic E-state index is 10.9. The molecule has 0 bridgehead atoms. The summed E-state index contributed by atoms with van der Waals surface area (Å²) in [6, 6.07) is 0.315. The lowest BCUT2D eigenvalue weighted by molar-refractivity contribution is -0.130. The number of nitrogens with zero attached hydrogens (tertiary/aromatic N) is 1. The van der Waals surface area contributed by atoms with Crippen LogP contribution in [0.2, 0.25) is 0 Å². The van der Waals surface area contributed by atoms with Gasteiger partial charge >= 0.3 is 0 Å². The van der Waals surface area contributed by atoms with E-state index < -0.39 is 0 Å². The molecule has 0 fully saturated rings. The van der Waals surface area contributed by atoms with E-state index in [0.29, 0.717) is 6.04 Å². The van der Waals surface area contributed by atoms with Crippen LogP contribution in [-0.4, -0.2) is 28.7 Å². The molecule has 10 heavy (non-hydrogen) atoms. The SMILES string of the molecule is CC(=O)N(CCBr)C(C)C. The zero-order chi connectivity index (χ0) is 8.15. The van der Waals surface area contributed by atoms with Crippen LogP contribution in [0.5, 0.6) is 0 Å². The van der Waals surface area contributed by atoms with Gasteiger partial charge in [0.2, 0.25) is 5.91 Å². The van der Waals surface area contributed by atoms with Gasteiger partial charge in [-0.2, -0.15) is 0 Å². The highest BCUT2D eigenvalue weighted by Gasteiger charge is 2.10. The minimum atomic E-state index is 0.148. The van der Waals surface area contributed by atoms with E-state index in [2.05, 4.69) is 15.9 Å². The molecule has 0 aliphatic carbocycles. The molecule has 0 saturated carbocycles. The van der Waals surface area contributed by atoms with Gasteiger partial charge in [0.15, 0.2) is 0 Å². The number of rotatable bonds is 3. The molecule has 0 aliphatic heterocycles. The maximum absolute atomic E-state index is 10.9. The van der Waals surface area contributed by atoms with Crippen LogP contribution in [-0.2, 0) is 4.79 Å². The molecular weight excluding hydrogens is 194 g/mol. The number of amides is 1. The average molecular weight is 208 g/mol. The van der Waals surface area contributed by atoms with E-state index in [1.165, 1.54) is 0 Å². The van der Waals surface area contributed by atoms with Crippen LogP contribution >= 0.6 is 15.9 Å². The Balaban J connectivity index is 3.85. The van der Waals surface area contributed by atoms with Gasteiger partial charge in [0.1, 0.15) is 0 Å². The van der Waals surface area contributed by atoms with Gasteiger partial charge in [0.25, 0.3) is 0 Å². The lowest BCUT2D eigenvalue weighted by Crippen LogP contribution is -2.36. The molecule has 60 valence electrons. The van der Waals surface area contributed by atoms with Crippen LogP contribution in [0.4, 0.5) is 0 Å². The van der Waals surface area contributed by atoms with Crippen molar-refractivity contribution in [3.05, 3.63) is 0 Å². The Labute approximate surface area is 70.7 Å². The molecule has 0 saturated heterocycles. The molecule has 0 aromatic heterocycles. The first-order valence-electron chi connectivity index (χ1n) is 3.42. The standard InChI is InChI=1S/C7H14BrNO/c1-6(2)9(5-4-8)7(3)10/h6H,4-5H2,1-3H3. The highest BCUT2D eigenvalue weighted by atomic mass is 79.9. The third-order valence-corrected chi connectivity index (χ3v) is 1.71. The van der Waals surface area contributed by atoms with Crippen molar-refractivity contribution in [2.24, 2.45) is 0 Å². The van der Waals surface area contributed by atoms with Crippen molar-refractivity contribution in [2.75, 3.05) is 11.9 Å². The second-order valence-electron chi connectivity index (χ2n) is 2.50. The van der Waals surface area contributed by atoms with Crippen LogP contribution < -0.4 is 0 Å². The fourth-order valence-electron chi connectivity index (χ4n) is 0.870. The van der Waals surface area contributed by atoms with Crippen molar-refractivity contribution in [3.8, 4) is 0 Å². The molecule has 0 spiro atoms. The van der Waals surface area contributed by atoms with E-state index in [0.717, 1.165) is 11.9 Å². The Morgan fingerprint density at radius 1 is 1.60 bits per heavy atom. The Morgan fingerprint density at radius 2 is 2.10 bits per heavy atom. The monoisotopic (exact) mass is 207 g/mol. The molecule has 0 atom stereocenters. The topological polar surface area (TPSA) is 20.3 Å². The van der Waals surface area contributed by atoms with Crippen molar-refractivity contribution < 1.29 is 4.79 Å². The fraction of sp³-hybridized carbons (Fsp3) is 0.857. The summed E-state index contributed by atoms with van der Waals surface area (Å²) in [6.07, 6.45) is 0. The Hall–Kier alpha value is -0.0500. The fourth-order valence-corrected chi connectivity index (χ4v) is 1.25. The zero-order valence-electron chi connectivity index (χ0n) is 6.72. The van der Waals surface area contributed by atoms with Crippen LogP contribution in [0.15, 0.2) is 0 Å². The molecule has 0 aliphatic rings. The molecule has 0 heterocycles. The Morgan fingerprint density at radius 3 is 2.20 bits per heavy atom. The summed E-state index contributed by atoms with van der Waals surface area (Å²) >= 11 is 3.29. The molecule has 0 rings (SSSR count). The summed E-state index contributed by atoms with van der Waals surface area (Å²) in [7, 11) is 0. The van der Waals surface area contributed by atoms with Crippen molar-refractivity contribution in [3.63, 3.8) is 0 Å². The van der Waals surface area contributed by atoms with E-state index in [1.807, 2.05) is 18.7 Å². The van der Waals surface area contributed by atoms with Gasteiger partial charge in [-0.05, 0) is 13.8 Å². The van der Waals surface area contributed by atoms with E-state index in [1.54, 1.807) is 6.92 Å². The molecule has 0 aromatic rings. The van der Waals surface area contributed by atoms with Gasteiger partial charge in [-0.15, -0.1) is 0 Å². The lowest BCUT2D eigenvalue weighted by Gasteiger charge is -2.23. The summed E-state index contributed by atoms with van der Waals surface area (Å²) in [5.74, 6) is 0.148. The maximum Gasteiger partial charge on any atom is 0.219 e. The van der Waals surface area contributed by atoms with E-state index in [4.69, 9.17) is 0 Å². The molecule has 3 heteroatoms. The molecule has 2 nitrogen and oxygen atoms in total. The number of carbonyl (C=O) groups is 1. The molecule has 0 aromatic carbocycles. The van der Waals surface area contributed by atoms with Crippen LogP contribution in [0.3, 0.4) is 0 Å². The second kappa shape index (κ2) is 4.72. The predicted octanol–water partition coefficient (Wildman–Crippen LogP) is 1.64. The summed E-state index contributed by atoms with van der Waals surface area (Å²) in [4.78, 5) is 12.7. The first-order chi connectivity index (χ1) is 4.59. The minimum Gasteiger partial charge on any atom is -0.340 e. The summed E-state index contributed by atoms with van der Waals surface area (Å²) in [5.41, 5.74) is 0. The van der Waals surface area contributed by atoms with E-state index >= 15 is 0 Å². The largest absolute Gasteiger partial charge is 0.340 e. The first-order valence-corrected chi connectivity index (χ1v) is 4.55. The van der Waals surface area contributed by atoms with Gasteiger partial charge in [-0.25, -0.2) is 0 Å². The van der Waals surface area contributed by atoms with Crippen molar-refractivity contribution in [2.45, 2.75) is 26.8 Å².